The lowest BCUT2D eigenvalue weighted by Gasteiger charge is -2.14. The first-order valence-corrected chi connectivity index (χ1v) is 9.95. The number of unbranched alkanes of at least 4 members (excludes halogenated alkanes) is 1. The van der Waals surface area contributed by atoms with E-state index in [0.29, 0.717) is 12.1 Å². The van der Waals surface area contributed by atoms with Crippen LogP contribution in [0.4, 0.5) is 11.4 Å². The Hall–Kier alpha value is -2.60. The maximum absolute atomic E-state index is 12.7. The Kier molecular flexibility index (Phi) is 6.29. The normalized spacial score (nSPS) is 16.6. The minimum absolute atomic E-state index is 0.00678. The molecule has 3 amide bonds. The molecule has 2 aromatic carbocycles. The number of carbonyl (C=O) groups is 3. The molecule has 1 heterocycles. The maximum Gasteiger partial charge on any atom is 0.247 e. The number of amides is 3. The summed E-state index contributed by atoms with van der Waals surface area (Å²) in [7, 11) is 0. The van der Waals surface area contributed by atoms with Crippen molar-refractivity contribution in [2.45, 2.75) is 42.8 Å². The van der Waals surface area contributed by atoms with Crippen LogP contribution in [0, 0.1) is 0 Å². The number of thioether (sulfide) groups is 1. The second kappa shape index (κ2) is 8.86. The van der Waals surface area contributed by atoms with E-state index in [1.807, 2.05) is 49.4 Å². The second-order valence-electron chi connectivity index (χ2n) is 6.39. The van der Waals surface area contributed by atoms with Gasteiger partial charge in [-0.2, -0.15) is 0 Å². The Bertz CT molecular complexity index is 821. The van der Waals surface area contributed by atoms with Crippen LogP contribution in [0.25, 0.3) is 0 Å². The number of benzene rings is 2. The first-order valence-electron chi connectivity index (χ1n) is 9.07. The van der Waals surface area contributed by atoms with Crippen LogP contribution in [-0.2, 0) is 14.4 Å². The fraction of sp³-hybridized carbons (Fsp3) is 0.286. The highest BCUT2D eigenvalue weighted by Gasteiger charge is 2.39. The van der Waals surface area contributed by atoms with Gasteiger partial charge in [-0.25, -0.2) is 4.90 Å². The molecule has 2 aromatic rings. The number of para-hydroxylation sites is 1. The van der Waals surface area contributed by atoms with Crippen LogP contribution in [-0.4, -0.2) is 23.0 Å². The Morgan fingerprint density at radius 3 is 2.48 bits per heavy atom. The zero-order valence-electron chi connectivity index (χ0n) is 15.2. The number of hydrogen-bond acceptors (Lipinski definition) is 4. The van der Waals surface area contributed by atoms with Gasteiger partial charge >= 0.3 is 0 Å². The molecule has 5 nitrogen and oxygen atoms in total. The molecule has 27 heavy (non-hydrogen) atoms. The number of carbonyl (C=O) groups excluding carboxylic acids is 3. The molecule has 1 aliphatic heterocycles. The molecular formula is C21H22N2O3S. The van der Waals surface area contributed by atoms with Gasteiger partial charge in [-0.3, -0.25) is 14.4 Å². The fourth-order valence-corrected chi connectivity index (χ4v) is 3.94. The summed E-state index contributed by atoms with van der Waals surface area (Å²) in [6, 6.07) is 16.4. The van der Waals surface area contributed by atoms with Crippen molar-refractivity contribution in [3.05, 3.63) is 54.6 Å². The molecule has 0 aromatic heterocycles. The Balaban J connectivity index is 1.61. The highest BCUT2D eigenvalue weighted by molar-refractivity contribution is 8.00. The van der Waals surface area contributed by atoms with Crippen LogP contribution >= 0.6 is 11.8 Å². The minimum atomic E-state index is -0.428. The lowest BCUT2D eigenvalue weighted by Crippen LogP contribution is -2.30. The number of hydrogen-bond donors (Lipinski definition) is 1. The number of rotatable bonds is 7. The summed E-state index contributed by atoms with van der Waals surface area (Å²) in [6.07, 6.45) is 2.56. The lowest BCUT2D eigenvalue weighted by atomic mass is 10.2. The monoisotopic (exact) mass is 382 g/mol. The third-order valence-electron chi connectivity index (χ3n) is 4.29. The Morgan fingerprint density at radius 2 is 1.81 bits per heavy atom. The van der Waals surface area contributed by atoms with E-state index >= 15 is 0 Å². The predicted octanol–water partition coefficient (Wildman–Crippen LogP) is 4.24. The van der Waals surface area contributed by atoms with Crippen LogP contribution in [0.1, 0.15) is 32.6 Å². The molecule has 1 atom stereocenters. The molecule has 0 aliphatic carbocycles. The summed E-state index contributed by atoms with van der Waals surface area (Å²) >= 11 is 1.38. The predicted molar refractivity (Wildman–Crippen MR) is 108 cm³/mol. The first kappa shape index (κ1) is 19.2. The van der Waals surface area contributed by atoms with Crippen LogP contribution in [0.3, 0.4) is 0 Å². The van der Waals surface area contributed by atoms with Crippen LogP contribution in [0.5, 0.6) is 0 Å². The van der Waals surface area contributed by atoms with Crippen molar-refractivity contribution in [2.24, 2.45) is 0 Å². The van der Waals surface area contributed by atoms with E-state index in [2.05, 4.69) is 5.32 Å². The summed E-state index contributed by atoms with van der Waals surface area (Å²) < 4.78 is 0. The van der Waals surface area contributed by atoms with Crippen molar-refractivity contribution >= 4 is 40.9 Å². The molecule has 0 spiro atoms. The van der Waals surface area contributed by atoms with Crippen LogP contribution in [0.2, 0.25) is 0 Å². The molecule has 1 N–H and O–H groups in total. The van der Waals surface area contributed by atoms with Crippen LogP contribution < -0.4 is 10.2 Å². The molecule has 0 saturated carbocycles. The van der Waals surface area contributed by atoms with Crippen molar-refractivity contribution < 1.29 is 14.4 Å². The quantitative estimate of drug-likeness (QED) is 0.728. The van der Waals surface area contributed by atoms with E-state index < -0.39 is 5.25 Å². The van der Waals surface area contributed by atoms with E-state index in [-0.39, 0.29) is 24.1 Å². The summed E-state index contributed by atoms with van der Waals surface area (Å²) in [5.74, 6) is -0.357. The molecule has 6 heteroatoms. The molecular weight excluding hydrogens is 360 g/mol. The van der Waals surface area contributed by atoms with Gasteiger partial charge in [0.15, 0.2) is 0 Å². The molecule has 1 fully saturated rings. The van der Waals surface area contributed by atoms with Crippen molar-refractivity contribution in [2.75, 3.05) is 10.2 Å². The molecule has 1 saturated heterocycles. The summed E-state index contributed by atoms with van der Waals surface area (Å²) in [6.45, 7) is 2.05. The number of nitrogens with zero attached hydrogens (tertiary/aromatic N) is 1. The topological polar surface area (TPSA) is 66.5 Å². The summed E-state index contributed by atoms with van der Waals surface area (Å²) in [4.78, 5) is 38.9. The molecule has 1 aliphatic rings. The largest absolute Gasteiger partial charge is 0.326 e. The highest BCUT2D eigenvalue weighted by atomic mass is 32.2. The average Bonchev–Trinajstić information content (AvgIpc) is 2.95. The number of anilines is 2. The maximum atomic E-state index is 12.7. The van der Waals surface area contributed by atoms with Gasteiger partial charge in [-0.15, -0.1) is 11.8 Å². The average molecular weight is 382 g/mol. The number of nitrogens with one attached hydrogen (secondary N) is 1. The lowest BCUT2D eigenvalue weighted by molar-refractivity contribution is -0.121. The molecule has 0 bridgehead atoms. The van der Waals surface area contributed by atoms with Gasteiger partial charge in [-0.1, -0.05) is 31.5 Å². The highest BCUT2D eigenvalue weighted by Crippen LogP contribution is 2.34. The fourth-order valence-electron chi connectivity index (χ4n) is 2.89. The first-order chi connectivity index (χ1) is 13.1. The second-order valence-corrected chi connectivity index (χ2v) is 7.67. The van der Waals surface area contributed by atoms with Gasteiger partial charge in [0, 0.05) is 23.4 Å². The van der Waals surface area contributed by atoms with Crippen molar-refractivity contribution in [1.29, 1.82) is 0 Å². The van der Waals surface area contributed by atoms with Crippen molar-refractivity contribution in [3.8, 4) is 0 Å². The van der Waals surface area contributed by atoms with Crippen molar-refractivity contribution in [1.82, 2.24) is 0 Å². The van der Waals surface area contributed by atoms with E-state index in [0.717, 1.165) is 23.4 Å². The molecule has 0 unspecified atom stereocenters. The Labute approximate surface area is 163 Å². The van der Waals surface area contributed by atoms with Gasteiger partial charge in [0.1, 0.15) is 0 Å². The summed E-state index contributed by atoms with van der Waals surface area (Å²) in [5.41, 5.74) is 1.35. The molecule has 3 rings (SSSR count). The van der Waals surface area contributed by atoms with E-state index in [4.69, 9.17) is 0 Å². The minimum Gasteiger partial charge on any atom is -0.326 e. The number of imide groups is 1. The third-order valence-corrected chi connectivity index (χ3v) is 5.49. The van der Waals surface area contributed by atoms with E-state index in [1.165, 1.54) is 16.7 Å². The smallest absolute Gasteiger partial charge is 0.247 e. The summed E-state index contributed by atoms with van der Waals surface area (Å²) in [5, 5.41) is 2.44. The zero-order valence-corrected chi connectivity index (χ0v) is 16.0. The van der Waals surface area contributed by atoms with Crippen molar-refractivity contribution in [3.63, 3.8) is 0 Å². The molecule has 0 radical (unpaired) electrons. The van der Waals surface area contributed by atoms with Gasteiger partial charge in [0.05, 0.1) is 10.9 Å². The van der Waals surface area contributed by atoms with Gasteiger partial charge < -0.3 is 5.32 Å². The third kappa shape index (κ3) is 4.77. The standard InChI is InChI=1S/C21H22N2O3S/c1-2-3-9-19(24)22-15-10-12-17(13-11-15)27-18-14-20(25)23(21(18)26)16-7-5-4-6-8-16/h4-8,10-13,18H,2-3,9,14H2,1H3,(H,22,24)/t18-/m1/s1. The van der Waals surface area contributed by atoms with Gasteiger partial charge in [0.25, 0.3) is 0 Å². The SMILES string of the molecule is CCCCC(=O)Nc1ccc(S[C@@H]2CC(=O)N(c3ccccc3)C2=O)cc1. The van der Waals surface area contributed by atoms with Gasteiger partial charge in [-0.05, 0) is 42.8 Å². The van der Waals surface area contributed by atoms with E-state index in [9.17, 15) is 14.4 Å². The zero-order chi connectivity index (χ0) is 19.2. The van der Waals surface area contributed by atoms with Crippen LogP contribution in [0.15, 0.2) is 59.5 Å². The van der Waals surface area contributed by atoms with E-state index in [1.54, 1.807) is 12.1 Å². The van der Waals surface area contributed by atoms with Gasteiger partial charge in [0.2, 0.25) is 17.7 Å². The molecule has 140 valence electrons. The Morgan fingerprint density at radius 1 is 1.11 bits per heavy atom.